The van der Waals surface area contributed by atoms with E-state index in [0.717, 1.165) is 27.4 Å². The smallest absolute Gasteiger partial charge is 0.271 e. The minimum atomic E-state index is -0.212. The summed E-state index contributed by atoms with van der Waals surface area (Å²) in [5.41, 5.74) is 9.02. The molecule has 0 aliphatic carbocycles. The molecule has 2 aromatic carbocycles. The molecular weight excluding hydrogens is 300 g/mol. The third-order valence-corrected chi connectivity index (χ3v) is 4.06. The van der Waals surface area contributed by atoms with E-state index >= 15 is 0 Å². The highest BCUT2D eigenvalue weighted by Crippen LogP contribution is 2.20. The van der Waals surface area contributed by atoms with Crippen LogP contribution < -0.4 is 10.9 Å². The molecule has 2 aromatic heterocycles. The third-order valence-electron chi connectivity index (χ3n) is 4.06. The summed E-state index contributed by atoms with van der Waals surface area (Å²) in [7, 11) is 0. The van der Waals surface area contributed by atoms with Gasteiger partial charge < -0.3 is 4.98 Å². The van der Waals surface area contributed by atoms with Crippen molar-refractivity contribution in [2.24, 2.45) is 0 Å². The lowest BCUT2D eigenvalue weighted by Gasteiger charge is -2.10. The first kappa shape index (κ1) is 14.3. The normalized spacial score (nSPS) is 10.9. The Bertz CT molecular complexity index is 1050. The van der Waals surface area contributed by atoms with E-state index in [0.29, 0.717) is 11.4 Å². The number of hydrogen-bond donors (Lipinski definition) is 3. The SMILES string of the molecule is Cc1cc(NNC(=O)c2cccc3cc[nH]c23)nc2ccccc12. The second-order valence-corrected chi connectivity index (χ2v) is 5.67. The van der Waals surface area contributed by atoms with Crippen LogP contribution in [0.1, 0.15) is 15.9 Å². The van der Waals surface area contributed by atoms with Crippen LogP contribution in [-0.2, 0) is 0 Å². The highest BCUT2D eigenvalue weighted by atomic mass is 16.2. The first-order valence-corrected chi connectivity index (χ1v) is 7.71. The Hall–Kier alpha value is -3.34. The number of H-pyrrole nitrogens is 1. The molecule has 2 heterocycles. The van der Waals surface area contributed by atoms with Gasteiger partial charge in [-0.1, -0.05) is 30.3 Å². The highest BCUT2D eigenvalue weighted by molar-refractivity contribution is 6.06. The number of aryl methyl sites for hydroxylation is 1. The van der Waals surface area contributed by atoms with Crippen LogP contribution in [0.25, 0.3) is 21.8 Å². The van der Waals surface area contributed by atoms with E-state index in [1.165, 1.54) is 0 Å². The number of aromatic nitrogens is 2. The fourth-order valence-corrected chi connectivity index (χ4v) is 2.88. The zero-order valence-corrected chi connectivity index (χ0v) is 13.1. The summed E-state index contributed by atoms with van der Waals surface area (Å²) in [4.78, 5) is 20.1. The van der Waals surface area contributed by atoms with Crippen molar-refractivity contribution in [1.82, 2.24) is 15.4 Å². The number of aromatic amines is 1. The molecule has 3 N–H and O–H groups in total. The molecular formula is C19H16N4O. The Kier molecular flexibility index (Phi) is 3.39. The zero-order chi connectivity index (χ0) is 16.5. The molecule has 0 aliphatic rings. The fraction of sp³-hybridized carbons (Fsp3) is 0.0526. The number of amides is 1. The van der Waals surface area contributed by atoms with E-state index < -0.39 is 0 Å². The minimum Gasteiger partial charge on any atom is -0.361 e. The predicted octanol–water partition coefficient (Wildman–Crippen LogP) is 3.78. The molecule has 0 saturated carbocycles. The van der Waals surface area contributed by atoms with Crippen molar-refractivity contribution < 1.29 is 4.79 Å². The molecule has 0 aliphatic heterocycles. The van der Waals surface area contributed by atoms with Gasteiger partial charge in [0.05, 0.1) is 16.6 Å². The van der Waals surface area contributed by atoms with Crippen LogP contribution in [0.5, 0.6) is 0 Å². The van der Waals surface area contributed by atoms with Crippen molar-refractivity contribution in [3.05, 3.63) is 71.9 Å². The largest absolute Gasteiger partial charge is 0.361 e. The first-order chi connectivity index (χ1) is 11.7. The average molecular weight is 316 g/mol. The zero-order valence-electron chi connectivity index (χ0n) is 13.1. The number of nitrogens with one attached hydrogen (secondary N) is 3. The van der Waals surface area contributed by atoms with Gasteiger partial charge in [0.1, 0.15) is 5.82 Å². The fourth-order valence-electron chi connectivity index (χ4n) is 2.88. The molecule has 118 valence electrons. The maximum absolute atomic E-state index is 12.5. The van der Waals surface area contributed by atoms with Crippen LogP contribution in [0.3, 0.4) is 0 Å². The van der Waals surface area contributed by atoms with Gasteiger partial charge in [0.25, 0.3) is 5.91 Å². The van der Waals surface area contributed by atoms with Crippen LogP contribution in [0.2, 0.25) is 0 Å². The lowest BCUT2D eigenvalue weighted by atomic mass is 10.1. The number of benzene rings is 2. The maximum Gasteiger partial charge on any atom is 0.271 e. The van der Waals surface area contributed by atoms with Crippen LogP contribution in [0, 0.1) is 6.92 Å². The maximum atomic E-state index is 12.5. The third kappa shape index (κ3) is 2.46. The molecule has 0 spiro atoms. The van der Waals surface area contributed by atoms with Gasteiger partial charge in [-0.15, -0.1) is 0 Å². The van der Waals surface area contributed by atoms with E-state index in [-0.39, 0.29) is 5.91 Å². The lowest BCUT2D eigenvalue weighted by Crippen LogP contribution is -2.30. The Balaban J connectivity index is 1.58. The minimum absolute atomic E-state index is 0.212. The van der Waals surface area contributed by atoms with E-state index in [2.05, 4.69) is 20.8 Å². The van der Waals surface area contributed by atoms with Crippen molar-refractivity contribution >= 4 is 33.5 Å². The Morgan fingerprint density at radius 3 is 2.88 bits per heavy atom. The van der Waals surface area contributed by atoms with Crippen molar-refractivity contribution in [3.63, 3.8) is 0 Å². The highest BCUT2D eigenvalue weighted by Gasteiger charge is 2.11. The topological polar surface area (TPSA) is 69.8 Å². The summed E-state index contributed by atoms with van der Waals surface area (Å²) in [5.74, 6) is 0.397. The number of hydrogen-bond acceptors (Lipinski definition) is 3. The van der Waals surface area contributed by atoms with Crippen molar-refractivity contribution in [1.29, 1.82) is 0 Å². The van der Waals surface area contributed by atoms with Crippen molar-refractivity contribution in [2.45, 2.75) is 6.92 Å². The van der Waals surface area contributed by atoms with Gasteiger partial charge in [-0.05, 0) is 36.8 Å². The molecule has 4 aromatic rings. The van der Waals surface area contributed by atoms with E-state index in [1.807, 2.05) is 61.7 Å². The molecule has 4 rings (SSSR count). The Morgan fingerprint density at radius 2 is 1.96 bits per heavy atom. The molecule has 0 unspecified atom stereocenters. The van der Waals surface area contributed by atoms with Crippen LogP contribution in [0.15, 0.2) is 60.8 Å². The number of carbonyl (C=O) groups excluding carboxylic acids is 1. The molecule has 1 amide bonds. The predicted molar refractivity (Wildman–Crippen MR) is 95.9 cm³/mol. The van der Waals surface area contributed by atoms with E-state index in [1.54, 1.807) is 6.07 Å². The van der Waals surface area contributed by atoms with E-state index in [4.69, 9.17) is 0 Å². The quantitative estimate of drug-likeness (QED) is 0.504. The number of anilines is 1. The molecule has 5 heteroatoms. The molecule has 0 saturated heterocycles. The van der Waals surface area contributed by atoms with Gasteiger partial charge in [-0.2, -0.15) is 0 Å². The number of rotatable bonds is 3. The molecule has 0 fully saturated rings. The first-order valence-electron chi connectivity index (χ1n) is 7.71. The number of fused-ring (bicyclic) bond motifs is 2. The number of para-hydroxylation sites is 2. The second kappa shape index (κ2) is 5.70. The Labute approximate surface area is 138 Å². The average Bonchev–Trinajstić information content (AvgIpc) is 3.08. The van der Waals surface area contributed by atoms with Crippen molar-refractivity contribution in [3.8, 4) is 0 Å². The lowest BCUT2D eigenvalue weighted by molar-refractivity contribution is 0.0964. The summed E-state index contributed by atoms with van der Waals surface area (Å²) in [5, 5.41) is 2.10. The molecule has 24 heavy (non-hydrogen) atoms. The summed E-state index contributed by atoms with van der Waals surface area (Å²) < 4.78 is 0. The Morgan fingerprint density at radius 1 is 1.08 bits per heavy atom. The van der Waals surface area contributed by atoms with Crippen molar-refractivity contribution in [2.75, 3.05) is 5.43 Å². The standard InChI is InChI=1S/C19H16N4O/c1-12-11-17(21-16-8-3-2-6-14(12)16)22-23-19(24)15-7-4-5-13-9-10-20-18(13)15/h2-11,20H,1H3,(H,21,22)(H,23,24). The van der Waals surface area contributed by atoms with Crippen LogP contribution in [-0.4, -0.2) is 15.9 Å². The van der Waals surface area contributed by atoms with Crippen LogP contribution in [0.4, 0.5) is 5.82 Å². The molecule has 0 bridgehead atoms. The number of nitrogens with zero attached hydrogens (tertiary/aromatic N) is 1. The number of hydrazine groups is 1. The second-order valence-electron chi connectivity index (χ2n) is 5.67. The summed E-state index contributed by atoms with van der Waals surface area (Å²) in [6.45, 7) is 2.02. The van der Waals surface area contributed by atoms with Gasteiger partial charge in [-0.3, -0.25) is 15.6 Å². The summed E-state index contributed by atoms with van der Waals surface area (Å²) in [6, 6.07) is 17.4. The van der Waals surface area contributed by atoms with Gasteiger partial charge in [0.15, 0.2) is 0 Å². The molecule has 5 nitrogen and oxygen atoms in total. The number of pyridine rings is 1. The van der Waals surface area contributed by atoms with Gasteiger partial charge in [0.2, 0.25) is 0 Å². The van der Waals surface area contributed by atoms with Gasteiger partial charge >= 0.3 is 0 Å². The number of carbonyl (C=O) groups is 1. The monoisotopic (exact) mass is 316 g/mol. The summed E-state index contributed by atoms with van der Waals surface area (Å²) >= 11 is 0. The van der Waals surface area contributed by atoms with Gasteiger partial charge in [0, 0.05) is 17.0 Å². The molecule has 0 radical (unpaired) electrons. The van der Waals surface area contributed by atoms with Crippen LogP contribution >= 0.6 is 0 Å². The molecule has 0 atom stereocenters. The van der Waals surface area contributed by atoms with Gasteiger partial charge in [-0.25, -0.2) is 4.98 Å². The van der Waals surface area contributed by atoms with E-state index in [9.17, 15) is 4.79 Å². The summed E-state index contributed by atoms with van der Waals surface area (Å²) in [6.07, 6.45) is 1.82.